The van der Waals surface area contributed by atoms with Gasteiger partial charge in [-0.15, -0.1) is 0 Å². The molecule has 94 valence electrons. The minimum atomic E-state index is -1.57. The van der Waals surface area contributed by atoms with Crippen molar-refractivity contribution in [3.63, 3.8) is 0 Å². The Morgan fingerprint density at radius 1 is 1.31 bits per heavy atom. The van der Waals surface area contributed by atoms with E-state index < -0.39 is 24.5 Å². The Morgan fingerprint density at radius 2 is 1.88 bits per heavy atom. The fraction of sp³-hybridized carbons (Fsp3) is 0.800. The fourth-order valence-corrected chi connectivity index (χ4v) is 1.16. The minimum Gasteiger partial charge on any atom is -0.481 e. The number of rotatable bonds is 8. The fourth-order valence-electron chi connectivity index (χ4n) is 1.16. The molecule has 0 saturated carbocycles. The Hall–Kier alpha value is -1.14. The van der Waals surface area contributed by atoms with Crippen LogP contribution in [-0.4, -0.2) is 59.4 Å². The zero-order valence-electron chi connectivity index (χ0n) is 9.68. The first kappa shape index (κ1) is 14.9. The maximum atomic E-state index is 11.1. The summed E-state index contributed by atoms with van der Waals surface area (Å²) in [4.78, 5) is 23.3. The van der Waals surface area contributed by atoms with Crippen molar-refractivity contribution in [2.75, 3.05) is 26.2 Å². The summed E-state index contributed by atoms with van der Waals surface area (Å²) in [6, 6.07) is 0. The standard InChI is InChI=1S/C10H19NO5/c1-3-11(4-2)5-6-16-10(15)8(12)7-9(13)14/h8,12H,3-7H2,1-2H3,(H,13,14). The van der Waals surface area contributed by atoms with E-state index in [-0.39, 0.29) is 6.61 Å². The quantitative estimate of drug-likeness (QED) is 0.560. The molecule has 0 fully saturated rings. The molecule has 0 aromatic heterocycles. The number of carboxylic acids is 1. The number of esters is 1. The van der Waals surface area contributed by atoms with Gasteiger partial charge in [0, 0.05) is 6.54 Å². The molecule has 2 N–H and O–H groups in total. The highest BCUT2D eigenvalue weighted by atomic mass is 16.5. The van der Waals surface area contributed by atoms with Gasteiger partial charge in [0.05, 0.1) is 6.42 Å². The topological polar surface area (TPSA) is 87.1 Å². The number of ether oxygens (including phenoxy) is 1. The van der Waals surface area contributed by atoms with Crippen LogP contribution in [0.2, 0.25) is 0 Å². The molecule has 0 amide bonds. The van der Waals surface area contributed by atoms with Crippen molar-refractivity contribution in [1.29, 1.82) is 0 Å². The van der Waals surface area contributed by atoms with Crippen LogP contribution in [0.5, 0.6) is 0 Å². The first-order valence-corrected chi connectivity index (χ1v) is 5.30. The summed E-state index contributed by atoms with van der Waals surface area (Å²) in [5.74, 6) is -2.11. The van der Waals surface area contributed by atoms with Gasteiger partial charge >= 0.3 is 11.9 Å². The van der Waals surface area contributed by atoms with E-state index in [0.717, 1.165) is 13.1 Å². The Morgan fingerprint density at radius 3 is 2.31 bits per heavy atom. The number of hydrogen-bond acceptors (Lipinski definition) is 5. The Labute approximate surface area is 94.8 Å². The van der Waals surface area contributed by atoms with E-state index in [2.05, 4.69) is 4.90 Å². The van der Waals surface area contributed by atoms with E-state index >= 15 is 0 Å². The molecule has 0 heterocycles. The first-order chi connectivity index (χ1) is 7.51. The molecule has 0 aliphatic heterocycles. The number of aliphatic hydroxyl groups is 1. The molecule has 0 radical (unpaired) electrons. The van der Waals surface area contributed by atoms with Crippen LogP contribution in [0.4, 0.5) is 0 Å². The normalized spacial score (nSPS) is 12.5. The van der Waals surface area contributed by atoms with Gasteiger partial charge in [0.25, 0.3) is 0 Å². The smallest absolute Gasteiger partial charge is 0.335 e. The summed E-state index contributed by atoms with van der Waals surface area (Å²) in [5, 5.41) is 17.4. The number of aliphatic hydroxyl groups excluding tert-OH is 1. The highest BCUT2D eigenvalue weighted by molar-refractivity contribution is 5.80. The van der Waals surface area contributed by atoms with E-state index in [1.165, 1.54) is 0 Å². The maximum absolute atomic E-state index is 11.1. The molecule has 0 bridgehead atoms. The first-order valence-electron chi connectivity index (χ1n) is 5.30. The van der Waals surface area contributed by atoms with Crippen LogP contribution in [0.1, 0.15) is 20.3 Å². The van der Waals surface area contributed by atoms with Crippen LogP contribution >= 0.6 is 0 Å². The molecule has 6 nitrogen and oxygen atoms in total. The van der Waals surface area contributed by atoms with Crippen molar-refractivity contribution < 1.29 is 24.5 Å². The zero-order valence-corrected chi connectivity index (χ0v) is 9.68. The lowest BCUT2D eigenvalue weighted by Crippen LogP contribution is -2.31. The van der Waals surface area contributed by atoms with E-state index in [0.29, 0.717) is 6.54 Å². The van der Waals surface area contributed by atoms with Crippen molar-refractivity contribution in [3.8, 4) is 0 Å². The van der Waals surface area contributed by atoms with Crippen molar-refractivity contribution in [3.05, 3.63) is 0 Å². The Bertz CT molecular complexity index is 227. The van der Waals surface area contributed by atoms with Gasteiger partial charge in [-0.1, -0.05) is 13.8 Å². The van der Waals surface area contributed by atoms with Crippen LogP contribution in [0.25, 0.3) is 0 Å². The lowest BCUT2D eigenvalue weighted by Gasteiger charge is -2.18. The Balaban J connectivity index is 3.76. The molecule has 0 aliphatic rings. The summed E-state index contributed by atoms with van der Waals surface area (Å²) in [5.41, 5.74) is 0. The van der Waals surface area contributed by atoms with Crippen LogP contribution < -0.4 is 0 Å². The molecule has 16 heavy (non-hydrogen) atoms. The average molecular weight is 233 g/mol. The molecular formula is C10H19NO5. The highest BCUT2D eigenvalue weighted by Gasteiger charge is 2.19. The molecular weight excluding hydrogens is 214 g/mol. The van der Waals surface area contributed by atoms with Gasteiger partial charge < -0.3 is 19.8 Å². The Kier molecular flexibility index (Phi) is 7.49. The minimum absolute atomic E-state index is 0.164. The monoisotopic (exact) mass is 233 g/mol. The summed E-state index contributed by atoms with van der Waals surface area (Å²) < 4.78 is 4.74. The summed E-state index contributed by atoms with van der Waals surface area (Å²) in [6.07, 6.45) is -2.20. The third-order valence-corrected chi connectivity index (χ3v) is 2.19. The predicted molar refractivity (Wildman–Crippen MR) is 57.0 cm³/mol. The van der Waals surface area contributed by atoms with Crippen LogP contribution in [0.15, 0.2) is 0 Å². The lowest BCUT2D eigenvalue weighted by atomic mass is 10.2. The predicted octanol–water partition coefficient (Wildman–Crippen LogP) is -0.293. The van der Waals surface area contributed by atoms with Gasteiger partial charge in [0.15, 0.2) is 6.10 Å². The van der Waals surface area contributed by atoms with Crippen molar-refractivity contribution in [2.45, 2.75) is 26.4 Å². The number of carbonyl (C=O) groups excluding carboxylic acids is 1. The summed E-state index contributed by atoms with van der Waals surface area (Å²) >= 11 is 0. The van der Waals surface area contributed by atoms with Gasteiger partial charge in [0.2, 0.25) is 0 Å². The number of likely N-dealkylation sites (N-methyl/N-ethyl adjacent to an activating group) is 1. The third kappa shape index (κ3) is 6.36. The van der Waals surface area contributed by atoms with Gasteiger partial charge in [-0.25, -0.2) is 4.79 Å². The number of carbonyl (C=O) groups is 2. The van der Waals surface area contributed by atoms with Crippen LogP contribution in [0.3, 0.4) is 0 Å². The second kappa shape index (κ2) is 8.06. The molecule has 0 aliphatic carbocycles. The molecule has 0 spiro atoms. The van der Waals surface area contributed by atoms with Gasteiger partial charge in [0.1, 0.15) is 6.61 Å². The van der Waals surface area contributed by atoms with E-state index in [1.54, 1.807) is 0 Å². The third-order valence-electron chi connectivity index (χ3n) is 2.19. The number of carboxylic acid groups (broad SMARTS) is 1. The van der Waals surface area contributed by atoms with Crippen LogP contribution in [0, 0.1) is 0 Å². The van der Waals surface area contributed by atoms with E-state index in [1.807, 2.05) is 13.8 Å². The lowest BCUT2D eigenvalue weighted by molar-refractivity contribution is -0.158. The van der Waals surface area contributed by atoms with Crippen molar-refractivity contribution in [1.82, 2.24) is 4.90 Å². The maximum Gasteiger partial charge on any atom is 0.335 e. The SMILES string of the molecule is CCN(CC)CCOC(=O)C(O)CC(=O)O. The number of nitrogens with zero attached hydrogens (tertiary/aromatic N) is 1. The van der Waals surface area contributed by atoms with E-state index in [9.17, 15) is 9.59 Å². The highest BCUT2D eigenvalue weighted by Crippen LogP contribution is 1.96. The molecule has 1 unspecified atom stereocenters. The summed E-state index contributed by atoms with van der Waals surface area (Å²) in [7, 11) is 0. The van der Waals surface area contributed by atoms with Crippen LogP contribution in [-0.2, 0) is 14.3 Å². The molecule has 6 heteroatoms. The average Bonchev–Trinajstić information content (AvgIpc) is 2.23. The van der Waals surface area contributed by atoms with Crippen molar-refractivity contribution in [2.24, 2.45) is 0 Å². The molecule has 1 atom stereocenters. The largest absolute Gasteiger partial charge is 0.481 e. The summed E-state index contributed by atoms with van der Waals surface area (Å²) in [6.45, 7) is 6.43. The second-order valence-corrected chi connectivity index (χ2v) is 3.31. The molecule has 0 aromatic carbocycles. The van der Waals surface area contributed by atoms with E-state index in [4.69, 9.17) is 14.9 Å². The zero-order chi connectivity index (χ0) is 12.6. The number of hydrogen-bond donors (Lipinski definition) is 2. The molecule has 0 aromatic rings. The molecule has 0 saturated heterocycles. The van der Waals surface area contributed by atoms with Gasteiger partial charge in [-0.05, 0) is 13.1 Å². The number of aliphatic carboxylic acids is 1. The van der Waals surface area contributed by atoms with Crippen molar-refractivity contribution >= 4 is 11.9 Å². The molecule has 0 rings (SSSR count). The van der Waals surface area contributed by atoms with Gasteiger partial charge in [-0.2, -0.15) is 0 Å². The van der Waals surface area contributed by atoms with Gasteiger partial charge in [-0.3, -0.25) is 4.79 Å². The second-order valence-electron chi connectivity index (χ2n) is 3.31.